The van der Waals surface area contributed by atoms with Gasteiger partial charge in [0.15, 0.2) is 5.75 Å². The van der Waals surface area contributed by atoms with Gasteiger partial charge in [0.2, 0.25) is 11.8 Å². The van der Waals surface area contributed by atoms with Crippen molar-refractivity contribution < 1.29 is 4.74 Å². The van der Waals surface area contributed by atoms with Gasteiger partial charge in [0.25, 0.3) is 0 Å². The third-order valence-electron chi connectivity index (χ3n) is 4.61. The van der Waals surface area contributed by atoms with E-state index in [4.69, 9.17) is 38.5 Å². The molecule has 1 aliphatic carbocycles. The number of nitrogens with one attached hydrogen (secondary N) is 1. The van der Waals surface area contributed by atoms with Crippen LogP contribution in [-0.2, 0) is 6.42 Å². The summed E-state index contributed by atoms with van der Waals surface area (Å²) in [5.41, 5.74) is 4.00. The minimum absolute atomic E-state index is 0.274. The van der Waals surface area contributed by atoms with Crippen LogP contribution in [0.5, 0.6) is 11.6 Å². The van der Waals surface area contributed by atoms with E-state index < -0.39 is 0 Å². The minimum Gasteiger partial charge on any atom is -0.436 e. The summed E-state index contributed by atoms with van der Waals surface area (Å²) in [6.45, 7) is 0. The quantitative estimate of drug-likeness (QED) is 0.503. The summed E-state index contributed by atoms with van der Waals surface area (Å²) in [6, 6.07) is 14.4. The Morgan fingerprint density at radius 1 is 1.10 bits per heavy atom. The molecule has 6 nitrogen and oxygen atoms in total. The van der Waals surface area contributed by atoms with Crippen LogP contribution in [0.25, 0.3) is 5.57 Å². The summed E-state index contributed by atoms with van der Waals surface area (Å²) in [4.78, 5) is 8.53. The topological polar surface area (TPSA) is 94.6 Å². The number of benzene rings is 2. The highest BCUT2D eigenvalue weighted by Gasteiger charge is 2.24. The second-order valence-electron chi connectivity index (χ2n) is 6.46. The molecule has 0 amide bonds. The number of ether oxygens (including phenoxy) is 1. The van der Waals surface area contributed by atoms with Crippen LogP contribution in [-0.4, -0.2) is 9.97 Å². The van der Waals surface area contributed by atoms with E-state index in [9.17, 15) is 0 Å². The van der Waals surface area contributed by atoms with Crippen LogP contribution in [0, 0.1) is 22.7 Å². The van der Waals surface area contributed by atoms with Crippen LogP contribution < -0.4 is 10.1 Å². The number of allylic oxidation sites excluding steroid dienone is 2. The fraction of sp³-hybridized carbons (Fsp3) is 0.0909. The van der Waals surface area contributed by atoms with Crippen LogP contribution in [0.3, 0.4) is 0 Å². The Morgan fingerprint density at radius 3 is 2.63 bits per heavy atom. The Bertz CT molecular complexity index is 1240. The van der Waals surface area contributed by atoms with Crippen molar-refractivity contribution in [2.24, 2.45) is 0 Å². The molecular formula is C22H13Cl2N5O. The summed E-state index contributed by atoms with van der Waals surface area (Å²) in [7, 11) is 0. The van der Waals surface area contributed by atoms with E-state index in [2.05, 4.69) is 27.4 Å². The molecule has 30 heavy (non-hydrogen) atoms. The van der Waals surface area contributed by atoms with Gasteiger partial charge in [-0.3, -0.25) is 0 Å². The predicted octanol–water partition coefficient (Wildman–Crippen LogP) is 6.04. The first kappa shape index (κ1) is 19.7. The molecule has 0 unspecified atom stereocenters. The third kappa shape index (κ3) is 3.92. The van der Waals surface area contributed by atoms with Gasteiger partial charge < -0.3 is 10.1 Å². The number of fused-ring (bicyclic) bond motifs is 1. The smallest absolute Gasteiger partial charge is 0.230 e. The van der Waals surface area contributed by atoms with Gasteiger partial charge in [-0.15, -0.1) is 0 Å². The van der Waals surface area contributed by atoms with E-state index in [-0.39, 0.29) is 5.88 Å². The second kappa shape index (κ2) is 8.42. The highest BCUT2D eigenvalue weighted by Crippen LogP contribution is 2.46. The number of hydrogen-bond acceptors (Lipinski definition) is 6. The number of hydrogen-bond donors (Lipinski definition) is 1. The Kier molecular flexibility index (Phi) is 5.54. The first-order valence-corrected chi connectivity index (χ1v) is 9.72. The first-order chi connectivity index (χ1) is 14.6. The zero-order valence-electron chi connectivity index (χ0n) is 15.5. The Morgan fingerprint density at radius 2 is 1.90 bits per heavy atom. The van der Waals surface area contributed by atoms with Crippen molar-refractivity contribution in [3.8, 4) is 23.8 Å². The summed E-state index contributed by atoms with van der Waals surface area (Å²) < 4.78 is 5.89. The zero-order valence-corrected chi connectivity index (χ0v) is 17.0. The van der Waals surface area contributed by atoms with Gasteiger partial charge in [-0.25, -0.2) is 4.98 Å². The molecule has 0 spiro atoms. The van der Waals surface area contributed by atoms with Crippen molar-refractivity contribution in [1.82, 2.24) is 9.97 Å². The second-order valence-corrected chi connectivity index (χ2v) is 7.25. The van der Waals surface area contributed by atoms with E-state index in [1.54, 1.807) is 42.6 Å². The van der Waals surface area contributed by atoms with Crippen LogP contribution >= 0.6 is 23.2 Å². The molecule has 3 aromatic rings. The Balaban J connectivity index is 1.60. The number of halogens is 2. The number of anilines is 2. The summed E-state index contributed by atoms with van der Waals surface area (Å²) in [5, 5.41) is 21.6. The average molecular weight is 434 g/mol. The SMILES string of the molecule is N#C/C=C1/CCc2c1cc(Cl)c(Oc1ccnc(Nc3ccc(C#N)cc3)n1)c2Cl. The molecular weight excluding hydrogens is 421 g/mol. The highest BCUT2D eigenvalue weighted by molar-refractivity contribution is 6.38. The molecule has 0 atom stereocenters. The molecule has 2 aromatic carbocycles. The van der Waals surface area contributed by atoms with Crippen molar-refractivity contribution in [3.63, 3.8) is 0 Å². The number of nitrogens with zero attached hydrogens (tertiary/aromatic N) is 4. The van der Waals surface area contributed by atoms with E-state index >= 15 is 0 Å². The van der Waals surface area contributed by atoms with E-state index in [1.807, 2.05) is 0 Å². The fourth-order valence-corrected chi connectivity index (χ4v) is 3.83. The van der Waals surface area contributed by atoms with Crippen molar-refractivity contribution in [1.29, 1.82) is 10.5 Å². The molecule has 4 rings (SSSR count). The molecule has 1 heterocycles. The zero-order chi connectivity index (χ0) is 21.1. The largest absolute Gasteiger partial charge is 0.436 e. The minimum atomic E-state index is 0.274. The van der Waals surface area contributed by atoms with Gasteiger partial charge in [-0.05, 0) is 59.9 Å². The maximum Gasteiger partial charge on any atom is 0.230 e. The maximum atomic E-state index is 8.95. The van der Waals surface area contributed by atoms with E-state index in [0.29, 0.717) is 33.7 Å². The monoisotopic (exact) mass is 433 g/mol. The molecule has 0 fully saturated rings. The molecule has 0 aliphatic heterocycles. The summed E-state index contributed by atoms with van der Waals surface area (Å²) in [5.74, 6) is 0.916. The fourth-order valence-electron chi connectivity index (χ4n) is 3.21. The Labute approximate surface area is 183 Å². The average Bonchev–Trinajstić information content (AvgIpc) is 3.15. The molecule has 0 saturated heterocycles. The molecule has 0 saturated carbocycles. The van der Waals surface area contributed by atoms with Crippen molar-refractivity contribution >= 4 is 40.4 Å². The summed E-state index contributed by atoms with van der Waals surface area (Å²) in [6.07, 6.45) is 4.51. The van der Waals surface area contributed by atoms with Crippen molar-refractivity contribution in [2.75, 3.05) is 5.32 Å². The van der Waals surface area contributed by atoms with Gasteiger partial charge in [-0.1, -0.05) is 23.2 Å². The van der Waals surface area contributed by atoms with Gasteiger partial charge in [-0.2, -0.15) is 15.5 Å². The van der Waals surface area contributed by atoms with E-state index in [1.165, 1.54) is 6.08 Å². The lowest BCUT2D eigenvalue weighted by Gasteiger charge is -2.13. The first-order valence-electron chi connectivity index (χ1n) is 8.97. The molecule has 146 valence electrons. The van der Waals surface area contributed by atoms with Gasteiger partial charge in [0, 0.05) is 24.0 Å². The van der Waals surface area contributed by atoms with Crippen molar-refractivity contribution in [3.05, 3.63) is 75.4 Å². The normalized spacial score (nSPS) is 13.4. The number of nitriles is 2. The number of aromatic nitrogens is 2. The van der Waals surface area contributed by atoms with Crippen LogP contribution in [0.4, 0.5) is 11.6 Å². The van der Waals surface area contributed by atoms with Crippen molar-refractivity contribution in [2.45, 2.75) is 12.8 Å². The lowest BCUT2D eigenvalue weighted by Crippen LogP contribution is -1.99. The maximum absolute atomic E-state index is 8.95. The Hall–Kier alpha value is -3.58. The highest BCUT2D eigenvalue weighted by atomic mass is 35.5. The van der Waals surface area contributed by atoms with Crippen LogP contribution in [0.1, 0.15) is 23.1 Å². The van der Waals surface area contributed by atoms with Crippen LogP contribution in [0.2, 0.25) is 10.0 Å². The van der Waals surface area contributed by atoms with Gasteiger partial charge >= 0.3 is 0 Å². The lowest BCUT2D eigenvalue weighted by molar-refractivity contribution is 0.462. The molecule has 0 radical (unpaired) electrons. The molecule has 1 N–H and O–H groups in total. The molecule has 8 heteroatoms. The lowest BCUT2D eigenvalue weighted by atomic mass is 10.1. The third-order valence-corrected chi connectivity index (χ3v) is 5.29. The van der Waals surface area contributed by atoms with E-state index in [0.717, 1.165) is 28.8 Å². The van der Waals surface area contributed by atoms with Gasteiger partial charge in [0.1, 0.15) is 0 Å². The standard InChI is InChI=1S/C22H13Cl2N5O/c23-18-11-17-14(7-9-25)3-6-16(17)20(24)21(18)30-19-8-10-27-22(29-19)28-15-4-1-13(12-26)2-5-15/h1-2,4-5,7-8,10-11H,3,6H2,(H,27,28,29)/b14-7-. The molecule has 1 aromatic heterocycles. The molecule has 1 aliphatic rings. The van der Waals surface area contributed by atoms with Crippen LogP contribution in [0.15, 0.2) is 48.7 Å². The molecule has 0 bridgehead atoms. The predicted molar refractivity (Wildman–Crippen MR) is 115 cm³/mol. The summed E-state index contributed by atoms with van der Waals surface area (Å²) >= 11 is 13.0. The number of rotatable bonds is 4. The van der Waals surface area contributed by atoms with Gasteiger partial charge in [0.05, 0.1) is 27.7 Å².